The zero-order chi connectivity index (χ0) is 28.8. The first kappa shape index (κ1) is 27.2. The molecule has 0 radical (unpaired) electrons. The Bertz CT molecular complexity index is 1680. The first-order valence-corrected chi connectivity index (χ1v) is 12.1. The van der Waals surface area contributed by atoms with Crippen molar-refractivity contribution in [2.24, 2.45) is 7.05 Å². The Balaban J connectivity index is 1.55. The fourth-order valence-corrected chi connectivity index (χ4v) is 4.43. The number of hydrogen-bond acceptors (Lipinski definition) is 5. The predicted octanol–water partition coefficient (Wildman–Crippen LogP) is 6.54. The van der Waals surface area contributed by atoms with Gasteiger partial charge in [-0.15, -0.1) is 0 Å². The molecule has 0 fully saturated rings. The fraction of sp³-hybridized carbons (Fsp3) is 0.259. The number of fused-ring (bicyclic) bond motifs is 1. The molecule has 5 aromatic rings. The lowest BCUT2D eigenvalue weighted by Crippen LogP contribution is -2.09. The van der Waals surface area contributed by atoms with E-state index >= 15 is 0 Å². The molecule has 0 saturated carbocycles. The van der Waals surface area contributed by atoms with Crippen molar-refractivity contribution in [1.82, 2.24) is 29.3 Å². The molecule has 0 spiro atoms. The summed E-state index contributed by atoms with van der Waals surface area (Å²) in [6.07, 6.45) is -7.42. The first-order chi connectivity index (χ1) is 18.8. The molecule has 0 atom stereocenters. The van der Waals surface area contributed by atoms with Crippen LogP contribution in [0.4, 0.5) is 32.2 Å². The topological polar surface area (TPSA) is 73.5 Å². The monoisotopic (exact) mass is 559 g/mol. The second-order valence-corrected chi connectivity index (χ2v) is 9.36. The van der Waals surface area contributed by atoms with Crippen LogP contribution in [0.2, 0.25) is 0 Å². The lowest BCUT2D eigenvalue weighted by molar-refractivity contribution is -0.138. The van der Waals surface area contributed by atoms with E-state index in [1.165, 1.54) is 24.5 Å². The van der Waals surface area contributed by atoms with Crippen molar-refractivity contribution in [1.29, 1.82) is 0 Å². The van der Waals surface area contributed by atoms with E-state index in [9.17, 15) is 26.3 Å². The largest absolute Gasteiger partial charge is 0.416 e. The molecule has 208 valence electrons. The van der Waals surface area contributed by atoms with Crippen molar-refractivity contribution in [2.75, 3.05) is 5.32 Å². The molecule has 0 saturated heterocycles. The molecular formula is C27H23F6N7. The molecule has 0 aliphatic rings. The number of imidazole rings is 1. The van der Waals surface area contributed by atoms with Gasteiger partial charge in [0, 0.05) is 19.3 Å². The number of rotatable bonds is 6. The number of anilines is 1. The fourth-order valence-electron chi connectivity index (χ4n) is 4.43. The van der Waals surface area contributed by atoms with Crippen LogP contribution in [0.3, 0.4) is 0 Å². The minimum atomic E-state index is -4.47. The zero-order valence-electron chi connectivity index (χ0n) is 21.6. The molecule has 0 aliphatic carbocycles. The van der Waals surface area contributed by atoms with Gasteiger partial charge in [-0.2, -0.15) is 31.4 Å². The van der Waals surface area contributed by atoms with Gasteiger partial charge in [0.15, 0.2) is 17.3 Å². The minimum Gasteiger partial charge on any atom is -0.364 e. The van der Waals surface area contributed by atoms with E-state index in [2.05, 4.69) is 20.4 Å². The SMILES string of the molecule is Cc1nn(C)c(C)c1-c1nc(NCc2cccc(C(F)(F)F)c2)c2ncn(Cc3ccc(C(F)(F)F)cc3)c2n1. The van der Waals surface area contributed by atoms with E-state index in [-0.39, 0.29) is 13.1 Å². The zero-order valence-corrected chi connectivity index (χ0v) is 21.6. The molecule has 0 aliphatic heterocycles. The van der Waals surface area contributed by atoms with E-state index in [0.717, 1.165) is 30.0 Å². The van der Waals surface area contributed by atoms with Gasteiger partial charge < -0.3 is 9.88 Å². The van der Waals surface area contributed by atoms with Crippen LogP contribution in [0.5, 0.6) is 0 Å². The van der Waals surface area contributed by atoms with Gasteiger partial charge in [-0.1, -0.05) is 24.3 Å². The van der Waals surface area contributed by atoms with Crippen LogP contribution in [0.25, 0.3) is 22.6 Å². The maximum Gasteiger partial charge on any atom is 0.416 e. The summed E-state index contributed by atoms with van der Waals surface area (Å²) in [6, 6.07) is 9.77. The van der Waals surface area contributed by atoms with Gasteiger partial charge in [-0.05, 0) is 49.2 Å². The van der Waals surface area contributed by atoms with Crippen LogP contribution in [0, 0.1) is 13.8 Å². The minimum absolute atomic E-state index is 0.0340. The molecule has 13 heteroatoms. The number of nitrogens with zero attached hydrogens (tertiary/aromatic N) is 6. The van der Waals surface area contributed by atoms with Crippen LogP contribution < -0.4 is 5.32 Å². The highest BCUT2D eigenvalue weighted by atomic mass is 19.4. The van der Waals surface area contributed by atoms with Crippen molar-refractivity contribution < 1.29 is 26.3 Å². The Hall–Kier alpha value is -4.42. The van der Waals surface area contributed by atoms with E-state index in [1.807, 2.05) is 13.8 Å². The Morgan fingerprint density at radius 2 is 1.55 bits per heavy atom. The third kappa shape index (κ3) is 5.36. The van der Waals surface area contributed by atoms with Crippen LogP contribution in [-0.4, -0.2) is 29.3 Å². The summed E-state index contributed by atoms with van der Waals surface area (Å²) >= 11 is 0. The molecule has 40 heavy (non-hydrogen) atoms. The summed E-state index contributed by atoms with van der Waals surface area (Å²) in [5.74, 6) is 0.627. The number of nitrogens with one attached hydrogen (secondary N) is 1. The normalized spacial score (nSPS) is 12.3. The van der Waals surface area contributed by atoms with Gasteiger partial charge in [-0.3, -0.25) is 4.68 Å². The van der Waals surface area contributed by atoms with Crippen molar-refractivity contribution in [3.63, 3.8) is 0 Å². The van der Waals surface area contributed by atoms with Gasteiger partial charge >= 0.3 is 12.4 Å². The molecule has 1 N–H and O–H groups in total. The smallest absolute Gasteiger partial charge is 0.364 e. The first-order valence-electron chi connectivity index (χ1n) is 12.1. The molecule has 2 aromatic carbocycles. The molecule has 3 aromatic heterocycles. The maximum atomic E-state index is 13.2. The summed E-state index contributed by atoms with van der Waals surface area (Å²) in [6.45, 7) is 3.89. The summed E-state index contributed by atoms with van der Waals surface area (Å²) in [5.41, 5.74) is 2.41. The van der Waals surface area contributed by atoms with Crippen molar-refractivity contribution >= 4 is 17.0 Å². The van der Waals surface area contributed by atoms with Gasteiger partial charge in [0.2, 0.25) is 0 Å². The number of halogens is 6. The van der Waals surface area contributed by atoms with Gasteiger partial charge in [0.1, 0.15) is 5.52 Å². The molecule has 0 bridgehead atoms. The Morgan fingerprint density at radius 3 is 2.17 bits per heavy atom. The average molecular weight is 560 g/mol. The molecular weight excluding hydrogens is 536 g/mol. The molecule has 5 rings (SSSR count). The predicted molar refractivity (Wildman–Crippen MR) is 136 cm³/mol. The average Bonchev–Trinajstić information content (AvgIpc) is 3.40. The standard InChI is InChI=1S/C27H23F6N7/c1-15-21(16(2)39(3)38-15)23-36-24(34-12-18-5-4-6-20(11-18)27(31,32)33)22-25(37-23)40(14-35-22)13-17-7-9-19(10-8-17)26(28,29)30/h4-11,14H,12-13H2,1-3H3,(H,34,36,37). The Kier molecular flexibility index (Phi) is 6.76. The summed E-state index contributed by atoms with van der Waals surface area (Å²) in [4.78, 5) is 13.8. The second kappa shape index (κ2) is 9.96. The van der Waals surface area contributed by atoms with E-state index in [1.54, 1.807) is 22.4 Å². The van der Waals surface area contributed by atoms with Crippen molar-refractivity contribution in [2.45, 2.75) is 39.3 Å². The number of alkyl halides is 6. The van der Waals surface area contributed by atoms with Crippen LogP contribution in [-0.2, 0) is 32.5 Å². The third-order valence-corrected chi connectivity index (χ3v) is 6.54. The summed E-state index contributed by atoms with van der Waals surface area (Å²) in [5, 5.41) is 7.52. The van der Waals surface area contributed by atoms with Crippen molar-refractivity contribution in [3.8, 4) is 11.4 Å². The van der Waals surface area contributed by atoms with Gasteiger partial charge in [-0.25, -0.2) is 15.0 Å². The summed E-state index contributed by atoms with van der Waals surface area (Å²) < 4.78 is 82.0. The van der Waals surface area contributed by atoms with Gasteiger partial charge in [0.25, 0.3) is 0 Å². The number of benzene rings is 2. The highest BCUT2D eigenvalue weighted by molar-refractivity contribution is 5.85. The Labute approximate surface area is 224 Å². The van der Waals surface area contributed by atoms with E-state index < -0.39 is 23.5 Å². The molecule has 3 heterocycles. The maximum absolute atomic E-state index is 13.2. The highest BCUT2D eigenvalue weighted by Crippen LogP contribution is 2.32. The lowest BCUT2D eigenvalue weighted by Gasteiger charge is -2.12. The molecule has 7 nitrogen and oxygen atoms in total. The van der Waals surface area contributed by atoms with Crippen molar-refractivity contribution in [3.05, 3.63) is 88.5 Å². The summed E-state index contributed by atoms with van der Waals surface area (Å²) in [7, 11) is 1.78. The number of hydrogen-bond donors (Lipinski definition) is 1. The second-order valence-electron chi connectivity index (χ2n) is 9.36. The molecule has 0 amide bonds. The van der Waals surface area contributed by atoms with E-state index in [0.29, 0.717) is 45.2 Å². The lowest BCUT2D eigenvalue weighted by atomic mass is 10.1. The molecule has 0 unspecified atom stereocenters. The highest BCUT2D eigenvalue weighted by Gasteiger charge is 2.31. The van der Waals surface area contributed by atoms with Crippen LogP contribution >= 0.6 is 0 Å². The third-order valence-electron chi connectivity index (χ3n) is 6.54. The van der Waals surface area contributed by atoms with E-state index in [4.69, 9.17) is 4.98 Å². The number of aryl methyl sites for hydroxylation is 2. The Morgan fingerprint density at radius 1 is 0.850 bits per heavy atom. The van der Waals surface area contributed by atoms with Crippen LogP contribution in [0.15, 0.2) is 54.9 Å². The number of aromatic nitrogens is 6. The van der Waals surface area contributed by atoms with Crippen LogP contribution in [0.1, 0.15) is 33.6 Å². The van der Waals surface area contributed by atoms with Gasteiger partial charge in [0.05, 0.1) is 35.3 Å². The quantitative estimate of drug-likeness (QED) is 0.239.